The van der Waals surface area contributed by atoms with Gasteiger partial charge in [-0.15, -0.1) is 0 Å². The average Bonchev–Trinajstić information content (AvgIpc) is 3.43. The largest absolute Gasteiger partial charge is 0.379 e. The fourth-order valence-corrected chi connectivity index (χ4v) is 5.03. The van der Waals surface area contributed by atoms with Gasteiger partial charge < -0.3 is 10.1 Å². The first-order valence-corrected chi connectivity index (χ1v) is 14.1. The maximum absolute atomic E-state index is 13.3. The summed E-state index contributed by atoms with van der Waals surface area (Å²) >= 11 is 0. The first-order valence-electron chi connectivity index (χ1n) is 14.1. The molecule has 2 aromatic carbocycles. The molecule has 2 N–H and O–H groups in total. The van der Waals surface area contributed by atoms with Gasteiger partial charge in [0.15, 0.2) is 0 Å². The van der Waals surface area contributed by atoms with Crippen molar-refractivity contribution >= 4 is 28.3 Å². The maximum atomic E-state index is 13.3. The Balaban J connectivity index is 1.24. The molecule has 0 spiro atoms. The number of anilines is 2. The number of hydrogen-bond acceptors (Lipinski definition) is 7. The summed E-state index contributed by atoms with van der Waals surface area (Å²) in [5.41, 5.74) is 5.10. The van der Waals surface area contributed by atoms with Crippen LogP contribution < -0.4 is 10.6 Å². The highest BCUT2D eigenvalue weighted by Gasteiger charge is 2.22. The Bertz CT molecular complexity index is 1690. The van der Waals surface area contributed by atoms with Crippen LogP contribution in [0.25, 0.3) is 27.6 Å². The number of aromatic nitrogens is 5. The van der Waals surface area contributed by atoms with E-state index in [1.165, 1.54) is 6.33 Å². The molecular formula is C32H34N8O2. The van der Waals surface area contributed by atoms with Gasteiger partial charge in [0.25, 0.3) is 0 Å². The van der Waals surface area contributed by atoms with Crippen LogP contribution in [0.3, 0.4) is 0 Å². The van der Waals surface area contributed by atoms with Crippen molar-refractivity contribution < 1.29 is 9.53 Å². The molecule has 4 heterocycles. The van der Waals surface area contributed by atoms with Crippen LogP contribution in [-0.4, -0.2) is 62.0 Å². The molecule has 0 radical (unpaired) electrons. The van der Waals surface area contributed by atoms with Gasteiger partial charge in [-0.05, 0) is 23.1 Å². The second-order valence-electron chi connectivity index (χ2n) is 11.4. The quantitative estimate of drug-likeness (QED) is 0.275. The number of ether oxygens (including phenoxy) is 1. The number of carbonyl (C=O) groups is 1. The molecule has 5 aromatic rings. The van der Waals surface area contributed by atoms with Crippen LogP contribution >= 0.6 is 0 Å². The minimum absolute atomic E-state index is 0.213. The van der Waals surface area contributed by atoms with E-state index in [9.17, 15) is 4.79 Å². The lowest BCUT2D eigenvalue weighted by Crippen LogP contribution is -2.35. The number of carbonyl (C=O) groups excluding carboxylic acids is 1. The third kappa shape index (κ3) is 6.00. The van der Waals surface area contributed by atoms with Gasteiger partial charge >= 0.3 is 6.03 Å². The van der Waals surface area contributed by atoms with Crippen molar-refractivity contribution in [2.45, 2.75) is 32.7 Å². The van der Waals surface area contributed by atoms with Crippen molar-refractivity contribution in [3.8, 4) is 16.8 Å². The normalized spacial score (nSPS) is 14.2. The molecular weight excluding hydrogens is 528 g/mol. The standard InChI is InChI=1S/C32H34N8O2/c1-32(2,3)29-16-30(40(38-29)24-18-33-21-34-19-24)37-31(41)36-28-11-10-25(26-6-4-5-7-27(26)28)22-8-9-23(35-17-22)20-39-12-14-42-15-13-39/h4-11,16-19,21H,12-15,20H2,1-3H3,(H2,36,37,41). The highest BCUT2D eigenvalue weighted by molar-refractivity contribution is 6.09. The van der Waals surface area contributed by atoms with Crippen molar-refractivity contribution in [2.24, 2.45) is 0 Å². The predicted octanol–water partition coefficient (Wildman–Crippen LogP) is 5.65. The zero-order valence-electron chi connectivity index (χ0n) is 24.0. The third-order valence-electron chi connectivity index (χ3n) is 7.31. The Morgan fingerprint density at radius 1 is 0.929 bits per heavy atom. The molecule has 42 heavy (non-hydrogen) atoms. The van der Waals surface area contributed by atoms with Gasteiger partial charge in [0.2, 0.25) is 0 Å². The molecule has 3 aromatic heterocycles. The number of hydrogen-bond donors (Lipinski definition) is 2. The van der Waals surface area contributed by atoms with Gasteiger partial charge in [-0.2, -0.15) is 5.10 Å². The van der Waals surface area contributed by atoms with E-state index in [1.807, 2.05) is 42.6 Å². The minimum Gasteiger partial charge on any atom is -0.379 e. The zero-order valence-corrected chi connectivity index (χ0v) is 24.0. The molecule has 0 aliphatic carbocycles. The van der Waals surface area contributed by atoms with Gasteiger partial charge in [0.05, 0.1) is 42.7 Å². The summed E-state index contributed by atoms with van der Waals surface area (Å²) in [6, 6.07) is 17.7. The van der Waals surface area contributed by atoms with Crippen LogP contribution in [0.15, 0.2) is 79.5 Å². The van der Waals surface area contributed by atoms with E-state index in [2.05, 4.69) is 64.5 Å². The Morgan fingerprint density at radius 2 is 1.69 bits per heavy atom. The van der Waals surface area contributed by atoms with Crippen molar-refractivity contribution in [3.63, 3.8) is 0 Å². The fourth-order valence-electron chi connectivity index (χ4n) is 5.03. The molecule has 1 aliphatic heterocycles. The van der Waals surface area contributed by atoms with E-state index in [0.29, 0.717) is 17.2 Å². The third-order valence-corrected chi connectivity index (χ3v) is 7.31. The summed E-state index contributed by atoms with van der Waals surface area (Å²) in [7, 11) is 0. The number of nitrogens with one attached hydrogen (secondary N) is 2. The van der Waals surface area contributed by atoms with E-state index in [4.69, 9.17) is 14.8 Å². The highest BCUT2D eigenvalue weighted by atomic mass is 16.5. The van der Waals surface area contributed by atoms with Crippen molar-refractivity contribution in [2.75, 3.05) is 36.9 Å². The number of pyridine rings is 1. The number of morpholine rings is 1. The zero-order chi connectivity index (χ0) is 29.1. The van der Waals surface area contributed by atoms with E-state index >= 15 is 0 Å². The van der Waals surface area contributed by atoms with E-state index in [0.717, 1.165) is 66.1 Å². The lowest BCUT2D eigenvalue weighted by molar-refractivity contribution is 0.0336. The van der Waals surface area contributed by atoms with Gasteiger partial charge in [-0.3, -0.25) is 15.2 Å². The SMILES string of the molecule is CC(C)(C)c1cc(NC(=O)Nc2ccc(-c3ccc(CN4CCOCC4)nc3)c3ccccc23)n(-c2cncnc2)n1. The van der Waals surface area contributed by atoms with E-state index < -0.39 is 0 Å². The number of urea groups is 1. The maximum Gasteiger partial charge on any atom is 0.324 e. The molecule has 2 amide bonds. The van der Waals surface area contributed by atoms with Crippen LogP contribution in [0.4, 0.5) is 16.3 Å². The van der Waals surface area contributed by atoms with Crippen LogP contribution in [0, 0.1) is 0 Å². The molecule has 0 saturated carbocycles. The van der Waals surface area contributed by atoms with Crippen molar-refractivity contribution in [1.29, 1.82) is 0 Å². The Kier molecular flexibility index (Phi) is 7.64. The molecule has 0 unspecified atom stereocenters. The van der Waals surface area contributed by atoms with Crippen LogP contribution in [0.5, 0.6) is 0 Å². The van der Waals surface area contributed by atoms with Crippen molar-refractivity contribution in [3.05, 3.63) is 90.9 Å². The highest BCUT2D eigenvalue weighted by Crippen LogP contribution is 2.33. The smallest absolute Gasteiger partial charge is 0.324 e. The first kappa shape index (κ1) is 27.5. The summed E-state index contributed by atoms with van der Waals surface area (Å²) in [5, 5.41) is 12.7. The fraction of sp³-hybridized carbons (Fsp3) is 0.281. The van der Waals surface area contributed by atoms with Crippen LogP contribution in [0.1, 0.15) is 32.2 Å². The number of amides is 2. The van der Waals surface area contributed by atoms with Crippen LogP contribution in [-0.2, 0) is 16.7 Å². The first-order chi connectivity index (χ1) is 20.3. The summed E-state index contributed by atoms with van der Waals surface area (Å²) < 4.78 is 7.10. The lowest BCUT2D eigenvalue weighted by Gasteiger charge is -2.26. The summed E-state index contributed by atoms with van der Waals surface area (Å²) in [6.45, 7) is 10.4. The summed E-state index contributed by atoms with van der Waals surface area (Å²) in [6.07, 6.45) is 6.71. The molecule has 0 atom stereocenters. The van der Waals surface area contributed by atoms with E-state index in [1.54, 1.807) is 17.1 Å². The lowest BCUT2D eigenvalue weighted by atomic mass is 9.92. The molecule has 10 heteroatoms. The summed E-state index contributed by atoms with van der Waals surface area (Å²) in [5.74, 6) is 0.524. The van der Waals surface area contributed by atoms with E-state index in [-0.39, 0.29) is 11.4 Å². The Labute approximate surface area is 244 Å². The second kappa shape index (κ2) is 11.7. The molecule has 10 nitrogen and oxygen atoms in total. The van der Waals surface area contributed by atoms with Gasteiger partial charge in [0.1, 0.15) is 17.8 Å². The molecule has 214 valence electrons. The summed E-state index contributed by atoms with van der Waals surface area (Å²) in [4.78, 5) is 28.6. The number of benzene rings is 2. The monoisotopic (exact) mass is 562 g/mol. The van der Waals surface area contributed by atoms with Gasteiger partial charge in [-0.1, -0.05) is 57.2 Å². The Hall–Kier alpha value is -4.67. The predicted molar refractivity (Wildman–Crippen MR) is 164 cm³/mol. The van der Waals surface area contributed by atoms with Crippen molar-refractivity contribution in [1.82, 2.24) is 29.6 Å². The molecule has 6 rings (SSSR count). The average molecular weight is 563 g/mol. The number of nitrogens with zero attached hydrogens (tertiary/aromatic N) is 6. The van der Waals surface area contributed by atoms with Gasteiger partial charge in [0, 0.05) is 48.3 Å². The number of rotatable bonds is 6. The number of fused-ring (bicyclic) bond motifs is 1. The molecule has 1 saturated heterocycles. The molecule has 1 aliphatic rings. The van der Waals surface area contributed by atoms with Crippen LogP contribution in [0.2, 0.25) is 0 Å². The molecule has 0 bridgehead atoms. The topological polar surface area (TPSA) is 110 Å². The second-order valence-corrected chi connectivity index (χ2v) is 11.4. The molecule has 1 fully saturated rings. The minimum atomic E-state index is -0.375. The Morgan fingerprint density at radius 3 is 2.40 bits per heavy atom. The van der Waals surface area contributed by atoms with Gasteiger partial charge in [-0.25, -0.2) is 19.4 Å².